The van der Waals surface area contributed by atoms with Gasteiger partial charge in [0.05, 0.1) is 19.3 Å². The van der Waals surface area contributed by atoms with Crippen molar-refractivity contribution in [2.24, 2.45) is 0 Å². The van der Waals surface area contributed by atoms with Gasteiger partial charge in [-0.05, 0) is 35.6 Å². The fourth-order valence-corrected chi connectivity index (χ4v) is 2.20. The first-order chi connectivity index (χ1) is 7.16. The van der Waals surface area contributed by atoms with Crippen LogP contribution in [0.2, 0.25) is 0 Å². The van der Waals surface area contributed by atoms with Gasteiger partial charge in [0.15, 0.2) is 0 Å². The van der Waals surface area contributed by atoms with E-state index in [4.69, 9.17) is 4.74 Å². The van der Waals surface area contributed by atoms with Crippen LogP contribution in [0.25, 0.3) is 0 Å². The Labute approximate surface area is 102 Å². The van der Waals surface area contributed by atoms with Crippen molar-refractivity contribution in [2.75, 3.05) is 24.7 Å². The van der Waals surface area contributed by atoms with E-state index in [2.05, 4.69) is 39.4 Å². The van der Waals surface area contributed by atoms with Crippen LogP contribution in [0.4, 0.5) is 10.2 Å². The summed E-state index contributed by atoms with van der Waals surface area (Å²) in [7, 11) is 0. The molecule has 1 aliphatic heterocycles. The van der Waals surface area contributed by atoms with Crippen molar-refractivity contribution in [2.45, 2.75) is 13.0 Å². The lowest BCUT2D eigenvalue weighted by Crippen LogP contribution is -2.44. The molecule has 2 rings (SSSR count). The first-order valence-electron chi connectivity index (χ1n) is 4.84. The average molecular weight is 322 g/mol. The van der Waals surface area contributed by atoms with Gasteiger partial charge < -0.3 is 9.64 Å². The largest absolute Gasteiger partial charge is 0.377 e. The van der Waals surface area contributed by atoms with E-state index in [-0.39, 0.29) is 6.04 Å². The highest BCUT2D eigenvalue weighted by Gasteiger charge is 2.20. The molecule has 0 N–H and O–H groups in total. The van der Waals surface area contributed by atoms with Crippen molar-refractivity contribution < 1.29 is 9.13 Å². The van der Waals surface area contributed by atoms with E-state index in [1.54, 1.807) is 0 Å². The molecule has 0 bridgehead atoms. The molecular formula is C10H12FIN2O. The van der Waals surface area contributed by atoms with E-state index in [1.165, 1.54) is 6.07 Å². The van der Waals surface area contributed by atoms with Crippen LogP contribution in [0.5, 0.6) is 0 Å². The Hall–Kier alpha value is -0.430. The van der Waals surface area contributed by atoms with Crippen LogP contribution < -0.4 is 4.90 Å². The van der Waals surface area contributed by atoms with Crippen LogP contribution in [-0.4, -0.2) is 30.8 Å². The number of anilines is 1. The molecule has 0 spiro atoms. The van der Waals surface area contributed by atoms with Gasteiger partial charge in [0.1, 0.15) is 5.82 Å². The lowest BCUT2D eigenvalue weighted by molar-refractivity contribution is 0.0984. The lowest BCUT2D eigenvalue weighted by atomic mass is 10.2. The minimum absolute atomic E-state index is 0.254. The second-order valence-corrected chi connectivity index (χ2v) is 4.83. The zero-order chi connectivity index (χ0) is 10.8. The fraction of sp³-hybridized carbons (Fsp3) is 0.500. The molecule has 0 saturated carbocycles. The SMILES string of the molecule is C[C@@H]1COCCN1c1cc(I)cc(F)n1. The topological polar surface area (TPSA) is 25.4 Å². The van der Waals surface area contributed by atoms with Crippen molar-refractivity contribution in [3.63, 3.8) is 0 Å². The van der Waals surface area contributed by atoms with Crippen molar-refractivity contribution in [1.82, 2.24) is 4.98 Å². The monoisotopic (exact) mass is 322 g/mol. The van der Waals surface area contributed by atoms with E-state index in [0.29, 0.717) is 19.0 Å². The second kappa shape index (κ2) is 4.61. The minimum Gasteiger partial charge on any atom is -0.377 e. The maximum Gasteiger partial charge on any atom is 0.215 e. The van der Waals surface area contributed by atoms with E-state index < -0.39 is 5.95 Å². The van der Waals surface area contributed by atoms with Gasteiger partial charge in [0, 0.05) is 16.2 Å². The van der Waals surface area contributed by atoms with Crippen LogP contribution in [-0.2, 0) is 4.74 Å². The van der Waals surface area contributed by atoms with Crippen LogP contribution in [0.15, 0.2) is 12.1 Å². The maximum atomic E-state index is 13.1. The van der Waals surface area contributed by atoms with Crippen molar-refractivity contribution in [3.05, 3.63) is 21.7 Å². The highest BCUT2D eigenvalue weighted by molar-refractivity contribution is 14.1. The molecule has 2 heterocycles. The summed E-state index contributed by atoms with van der Waals surface area (Å²) in [5, 5.41) is 0. The second-order valence-electron chi connectivity index (χ2n) is 3.58. The van der Waals surface area contributed by atoms with E-state index in [9.17, 15) is 4.39 Å². The quantitative estimate of drug-likeness (QED) is 0.585. The Bertz CT molecular complexity index is 341. The number of ether oxygens (including phenoxy) is 1. The molecule has 5 heteroatoms. The highest BCUT2D eigenvalue weighted by Crippen LogP contribution is 2.20. The van der Waals surface area contributed by atoms with E-state index in [0.717, 1.165) is 10.1 Å². The third kappa shape index (κ3) is 2.57. The molecule has 1 fully saturated rings. The van der Waals surface area contributed by atoms with Crippen molar-refractivity contribution >= 4 is 28.4 Å². The lowest BCUT2D eigenvalue weighted by Gasteiger charge is -2.34. The molecule has 0 unspecified atom stereocenters. The number of hydrogen-bond acceptors (Lipinski definition) is 3. The number of aromatic nitrogens is 1. The number of morpholine rings is 1. The summed E-state index contributed by atoms with van der Waals surface area (Å²) >= 11 is 2.10. The summed E-state index contributed by atoms with van der Waals surface area (Å²) in [4.78, 5) is 5.99. The van der Waals surface area contributed by atoms with E-state index in [1.807, 2.05) is 6.07 Å². The summed E-state index contributed by atoms with van der Waals surface area (Å²) in [5.74, 6) is 0.283. The highest BCUT2D eigenvalue weighted by atomic mass is 127. The minimum atomic E-state index is -0.421. The summed E-state index contributed by atoms with van der Waals surface area (Å²) < 4.78 is 19.3. The Kier molecular flexibility index (Phi) is 3.40. The molecule has 3 nitrogen and oxygen atoms in total. The number of halogens is 2. The molecule has 1 aromatic rings. The first kappa shape index (κ1) is 11.1. The molecule has 82 valence electrons. The zero-order valence-corrected chi connectivity index (χ0v) is 10.6. The molecule has 1 atom stereocenters. The fourth-order valence-electron chi connectivity index (χ4n) is 1.67. The Balaban J connectivity index is 2.27. The van der Waals surface area contributed by atoms with Crippen molar-refractivity contribution in [1.29, 1.82) is 0 Å². The van der Waals surface area contributed by atoms with Crippen LogP contribution in [0.1, 0.15) is 6.92 Å². The van der Waals surface area contributed by atoms with Gasteiger partial charge >= 0.3 is 0 Å². The summed E-state index contributed by atoms with van der Waals surface area (Å²) in [6.45, 7) is 4.18. The third-order valence-corrected chi connectivity index (χ3v) is 3.03. The predicted octanol–water partition coefficient (Wildman–Crippen LogP) is 2.05. The number of pyridine rings is 1. The molecule has 0 aliphatic carbocycles. The van der Waals surface area contributed by atoms with Gasteiger partial charge in [-0.1, -0.05) is 0 Å². The smallest absolute Gasteiger partial charge is 0.215 e. The third-order valence-electron chi connectivity index (χ3n) is 2.41. The van der Waals surface area contributed by atoms with Gasteiger partial charge in [0.2, 0.25) is 5.95 Å². The molecule has 1 aromatic heterocycles. The first-order valence-corrected chi connectivity index (χ1v) is 5.92. The maximum absolute atomic E-state index is 13.1. The number of rotatable bonds is 1. The number of nitrogens with zero attached hydrogens (tertiary/aromatic N) is 2. The summed E-state index contributed by atoms with van der Waals surface area (Å²) in [6, 6.07) is 3.57. The van der Waals surface area contributed by atoms with Gasteiger partial charge in [0.25, 0.3) is 0 Å². The van der Waals surface area contributed by atoms with Gasteiger partial charge in [-0.2, -0.15) is 4.39 Å². The number of hydrogen-bond donors (Lipinski definition) is 0. The molecule has 1 aliphatic rings. The van der Waals surface area contributed by atoms with Crippen LogP contribution in [0, 0.1) is 9.52 Å². The molecule has 0 aromatic carbocycles. The molecule has 0 amide bonds. The zero-order valence-electron chi connectivity index (χ0n) is 8.41. The predicted molar refractivity (Wildman–Crippen MR) is 64.5 cm³/mol. The van der Waals surface area contributed by atoms with Crippen LogP contribution in [0.3, 0.4) is 0 Å². The van der Waals surface area contributed by atoms with Crippen LogP contribution >= 0.6 is 22.6 Å². The Morgan fingerprint density at radius 3 is 3.07 bits per heavy atom. The molecule has 15 heavy (non-hydrogen) atoms. The Morgan fingerprint density at radius 1 is 1.60 bits per heavy atom. The average Bonchev–Trinajstić information content (AvgIpc) is 2.16. The molecule has 1 saturated heterocycles. The van der Waals surface area contributed by atoms with Gasteiger partial charge in [-0.3, -0.25) is 0 Å². The standard InChI is InChI=1S/C10H12FIN2O/c1-7-6-15-3-2-14(7)10-5-8(12)4-9(11)13-10/h4-5,7H,2-3,6H2,1H3/t7-/m1/s1. The Morgan fingerprint density at radius 2 is 2.40 bits per heavy atom. The molecular weight excluding hydrogens is 310 g/mol. The van der Waals surface area contributed by atoms with Crippen molar-refractivity contribution in [3.8, 4) is 0 Å². The van der Waals surface area contributed by atoms with Gasteiger partial charge in [-0.25, -0.2) is 4.98 Å². The molecule has 0 radical (unpaired) electrons. The summed E-state index contributed by atoms with van der Waals surface area (Å²) in [6.07, 6.45) is 0. The summed E-state index contributed by atoms with van der Waals surface area (Å²) in [5.41, 5.74) is 0. The van der Waals surface area contributed by atoms with Gasteiger partial charge in [-0.15, -0.1) is 0 Å². The van der Waals surface area contributed by atoms with E-state index >= 15 is 0 Å². The normalized spacial score (nSPS) is 21.8.